The molecule has 2 rings (SSSR count). The van der Waals surface area contributed by atoms with Gasteiger partial charge in [-0.05, 0) is 41.0 Å². The highest BCUT2D eigenvalue weighted by molar-refractivity contribution is 4.90. The Balaban J connectivity index is 1.95. The number of hydrogen-bond donors (Lipinski definition) is 1. The maximum atomic E-state index is 4.15. The average molecular weight is 279 g/mol. The molecule has 5 nitrogen and oxygen atoms in total. The van der Waals surface area contributed by atoms with E-state index in [4.69, 9.17) is 0 Å². The van der Waals surface area contributed by atoms with Crippen LogP contribution < -0.4 is 5.32 Å². The number of nitrogens with one attached hydrogen (secondary N) is 1. The molecule has 114 valence electrons. The molecule has 1 aromatic heterocycles. The van der Waals surface area contributed by atoms with Gasteiger partial charge in [0.1, 0.15) is 0 Å². The maximum absolute atomic E-state index is 4.15. The SMILES string of the molecule is CCCn1nnnc1CN[C@H]1CCCC[C@@H]1C(C)(C)C. The number of tetrazole rings is 1. The van der Waals surface area contributed by atoms with Gasteiger partial charge < -0.3 is 5.32 Å². The zero-order chi connectivity index (χ0) is 14.6. The number of nitrogens with zero attached hydrogens (tertiary/aromatic N) is 4. The van der Waals surface area contributed by atoms with E-state index >= 15 is 0 Å². The number of hydrogen-bond acceptors (Lipinski definition) is 4. The Kier molecular flexibility index (Phi) is 5.13. The fourth-order valence-electron chi connectivity index (χ4n) is 3.37. The largest absolute Gasteiger partial charge is 0.307 e. The molecule has 0 unspecified atom stereocenters. The standard InChI is InChI=1S/C15H29N5/c1-5-10-20-14(17-18-19-20)11-16-13-9-7-6-8-12(13)15(2,3)4/h12-13,16H,5-11H2,1-4H3/t12-,13-/m0/s1. The van der Waals surface area contributed by atoms with Gasteiger partial charge in [-0.2, -0.15) is 0 Å². The van der Waals surface area contributed by atoms with E-state index in [1.54, 1.807) is 0 Å². The van der Waals surface area contributed by atoms with Crippen molar-refractivity contribution in [2.45, 2.75) is 78.9 Å². The van der Waals surface area contributed by atoms with E-state index in [9.17, 15) is 0 Å². The zero-order valence-electron chi connectivity index (χ0n) is 13.4. The van der Waals surface area contributed by atoms with Crippen LogP contribution in [-0.2, 0) is 13.1 Å². The van der Waals surface area contributed by atoms with Crippen LogP contribution in [0.1, 0.15) is 65.6 Å². The number of aryl methyl sites for hydroxylation is 1. The predicted molar refractivity (Wildman–Crippen MR) is 80.1 cm³/mol. The molecule has 0 amide bonds. The Morgan fingerprint density at radius 2 is 2.00 bits per heavy atom. The summed E-state index contributed by atoms with van der Waals surface area (Å²) in [5.74, 6) is 1.71. The Morgan fingerprint density at radius 1 is 1.25 bits per heavy atom. The smallest absolute Gasteiger partial charge is 0.165 e. The molecular weight excluding hydrogens is 250 g/mol. The summed E-state index contributed by atoms with van der Waals surface area (Å²) in [5.41, 5.74) is 0.368. The molecular formula is C15H29N5. The normalized spacial score (nSPS) is 24.0. The highest BCUT2D eigenvalue weighted by Crippen LogP contribution is 2.38. The van der Waals surface area contributed by atoms with E-state index in [2.05, 4.69) is 48.5 Å². The van der Waals surface area contributed by atoms with E-state index in [1.165, 1.54) is 25.7 Å². The van der Waals surface area contributed by atoms with E-state index in [-0.39, 0.29) is 0 Å². The molecule has 1 aromatic rings. The Labute approximate surface area is 122 Å². The van der Waals surface area contributed by atoms with Gasteiger partial charge >= 0.3 is 0 Å². The summed E-state index contributed by atoms with van der Waals surface area (Å²) >= 11 is 0. The third-order valence-corrected chi connectivity index (χ3v) is 4.44. The molecule has 1 N–H and O–H groups in total. The van der Waals surface area contributed by atoms with Gasteiger partial charge in [-0.25, -0.2) is 4.68 Å². The second kappa shape index (κ2) is 6.66. The number of rotatable bonds is 5. The molecule has 1 heterocycles. The van der Waals surface area contributed by atoms with Crippen molar-refractivity contribution < 1.29 is 0 Å². The van der Waals surface area contributed by atoms with Crippen molar-refractivity contribution in [1.29, 1.82) is 0 Å². The van der Waals surface area contributed by atoms with Crippen molar-refractivity contribution in [1.82, 2.24) is 25.5 Å². The van der Waals surface area contributed by atoms with Crippen LogP contribution in [0.15, 0.2) is 0 Å². The first-order valence-corrected chi connectivity index (χ1v) is 8.00. The van der Waals surface area contributed by atoms with Gasteiger partial charge in [0.15, 0.2) is 5.82 Å². The summed E-state index contributed by atoms with van der Waals surface area (Å²) in [6.45, 7) is 10.9. The van der Waals surface area contributed by atoms with E-state index < -0.39 is 0 Å². The molecule has 1 aliphatic carbocycles. The minimum absolute atomic E-state index is 0.368. The second-order valence-electron chi connectivity index (χ2n) is 7.06. The lowest BCUT2D eigenvalue weighted by Gasteiger charge is -2.41. The second-order valence-corrected chi connectivity index (χ2v) is 7.06. The quantitative estimate of drug-likeness (QED) is 0.900. The predicted octanol–water partition coefficient (Wildman–Crippen LogP) is 2.78. The Morgan fingerprint density at radius 3 is 2.70 bits per heavy atom. The summed E-state index contributed by atoms with van der Waals surface area (Å²) in [7, 11) is 0. The summed E-state index contributed by atoms with van der Waals surface area (Å²) in [5, 5.41) is 15.7. The fraction of sp³-hybridized carbons (Fsp3) is 0.933. The summed E-state index contributed by atoms with van der Waals surface area (Å²) in [6.07, 6.45) is 6.38. The summed E-state index contributed by atoms with van der Waals surface area (Å²) < 4.78 is 1.92. The molecule has 2 atom stereocenters. The molecule has 0 aliphatic heterocycles. The van der Waals surface area contributed by atoms with E-state index in [1.807, 2.05) is 4.68 Å². The van der Waals surface area contributed by atoms with Gasteiger partial charge in [0.05, 0.1) is 6.54 Å². The highest BCUT2D eigenvalue weighted by atomic mass is 15.5. The lowest BCUT2D eigenvalue weighted by molar-refractivity contribution is 0.129. The van der Waals surface area contributed by atoms with Crippen molar-refractivity contribution in [2.75, 3.05) is 0 Å². The van der Waals surface area contributed by atoms with Gasteiger partial charge in [0.2, 0.25) is 0 Å². The minimum atomic E-state index is 0.368. The molecule has 5 heteroatoms. The zero-order valence-corrected chi connectivity index (χ0v) is 13.4. The van der Waals surface area contributed by atoms with Crippen LogP contribution in [0.4, 0.5) is 0 Å². The van der Waals surface area contributed by atoms with Gasteiger partial charge in [-0.1, -0.05) is 40.5 Å². The van der Waals surface area contributed by atoms with Gasteiger partial charge in [0.25, 0.3) is 0 Å². The van der Waals surface area contributed by atoms with E-state index in [0.717, 1.165) is 31.3 Å². The molecule has 0 aromatic carbocycles. The molecule has 1 aliphatic rings. The third kappa shape index (κ3) is 3.78. The summed E-state index contributed by atoms with van der Waals surface area (Å²) in [4.78, 5) is 0. The minimum Gasteiger partial charge on any atom is -0.307 e. The molecule has 20 heavy (non-hydrogen) atoms. The molecule has 0 radical (unpaired) electrons. The fourth-order valence-corrected chi connectivity index (χ4v) is 3.37. The van der Waals surface area contributed by atoms with Crippen LogP contribution in [0.3, 0.4) is 0 Å². The lowest BCUT2D eigenvalue weighted by atomic mass is 9.69. The summed E-state index contributed by atoms with van der Waals surface area (Å²) in [6, 6.07) is 0.593. The first kappa shape index (κ1) is 15.4. The Hall–Kier alpha value is -0.970. The van der Waals surface area contributed by atoms with Crippen LogP contribution >= 0.6 is 0 Å². The Bertz CT molecular complexity index is 407. The maximum Gasteiger partial charge on any atom is 0.165 e. The monoisotopic (exact) mass is 279 g/mol. The first-order chi connectivity index (χ1) is 9.52. The van der Waals surface area contributed by atoms with Crippen LogP contribution in [0.2, 0.25) is 0 Å². The number of aromatic nitrogens is 4. The van der Waals surface area contributed by atoms with Crippen molar-refractivity contribution >= 4 is 0 Å². The topological polar surface area (TPSA) is 55.6 Å². The van der Waals surface area contributed by atoms with Crippen LogP contribution in [0.5, 0.6) is 0 Å². The van der Waals surface area contributed by atoms with Gasteiger partial charge in [0, 0.05) is 12.6 Å². The highest BCUT2D eigenvalue weighted by Gasteiger charge is 2.33. The van der Waals surface area contributed by atoms with Crippen LogP contribution in [-0.4, -0.2) is 26.2 Å². The van der Waals surface area contributed by atoms with Gasteiger partial charge in [-0.3, -0.25) is 0 Å². The first-order valence-electron chi connectivity index (χ1n) is 8.00. The molecule has 0 saturated heterocycles. The lowest BCUT2D eigenvalue weighted by Crippen LogP contribution is -2.44. The van der Waals surface area contributed by atoms with Crippen LogP contribution in [0, 0.1) is 11.3 Å². The van der Waals surface area contributed by atoms with Crippen molar-refractivity contribution in [3.05, 3.63) is 5.82 Å². The molecule has 0 spiro atoms. The van der Waals surface area contributed by atoms with Crippen molar-refractivity contribution in [3.63, 3.8) is 0 Å². The molecule has 1 fully saturated rings. The third-order valence-electron chi connectivity index (χ3n) is 4.44. The molecule has 0 bridgehead atoms. The van der Waals surface area contributed by atoms with E-state index in [0.29, 0.717) is 11.5 Å². The van der Waals surface area contributed by atoms with Gasteiger partial charge in [-0.15, -0.1) is 5.10 Å². The average Bonchev–Trinajstić information content (AvgIpc) is 2.83. The van der Waals surface area contributed by atoms with Crippen molar-refractivity contribution in [2.24, 2.45) is 11.3 Å². The van der Waals surface area contributed by atoms with Crippen LogP contribution in [0.25, 0.3) is 0 Å². The molecule has 1 saturated carbocycles. The van der Waals surface area contributed by atoms with Crippen molar-refractivity contribution in [3.8, 4) is 0 Å².